The fourth-order valence-electron chi connectivity index (χ4n) is 1.28. The molecule has 0 aliphatic heterocycles. The number of hydrogen-bond donors (Lipinski definition) is 0. The molecule has 3 nitrogen and oxygen atoms in total. The van der Waals surface area contributed by atoms with Crippen LogP contribution in [0.2, 0.25) is 0 Å². The van der Waals surface area contributed by atoms with E-state index in [4.69, 9.17) is 4.74 Å². The highest BCUT2D eigenvalue weighted by molar-refractivity contribution is 5.59. The van der Waals surface area contributed by atoms with Gasteiger partial charge in [0.1, 0.15) is 5.52 Å². The van der Waals surface area contributed by atoms with Crippen molar-refractivity contribution in [3.05, 3.63) is 30.1 Å². The first-order valence-corrected chi connectivity index (χ1v) is 4.80. The van der Waals surface area contributed by atoms with E-state index in [0.29, 0.717) is 0 Å². The summed E-state index contributed by atoms with van der Waals surface area (Å²) in [4.78, 5) is 0. The van der Waals surface area contributed by atoms with E-state index in [9.17, 15) is 0 Å². The average molecular weight is 192 g/mol. The second-order valence-corrected chi connectivity index (χ2v) is 2.68. The molecule has 0 amide bonds. The van der Waals surface area contributed by atoms with Gasteiger partial charge in [0.25, 0.3) is 0 Å². The summed E-state index contributed by atoms with van der Waals surface area (Å²) in [5.74, 6) is 0.818. The van der Waals surface area contributed by atoms with Crippen molar-refractivity contribution >= 4 is 5.52 Å². The van der Waals surface area contributed by atoms with Crippen LogP contribution in [0.1, 0.15) is 19.5 Å². The Kier molecular flexibility index (Phi) is 3.51. The Morgan fingerprint density at radius 1 is 1.29 bits per heavy atom. The normalized spacial score (nSPS) is 9.43. The molecule has 0 saturated carbocycles. The van der Waals surface area contributed by atoms with Crippen LogP contribution in [0.25, 0.3) is 5.52 Å². The van der Waals surface area contributed by atoms with Crippen molar-refractivity contribution in [3.8, 4) is 5.75 Å². The Morgan fingerprint density at radius 2 is 2.00 bits per heavy atom. The first kappa shape index (κ1) is 10.6. The van der Waals surface area contributed by atoms with Crippen LogP contribution in [-0.2, 0) is 0 Å². The van der Waals surface area contributed by atoms with Gasteiger partial charge in [0, 0.05) is 5.69 Å². The molecule has 2 rings (SSSR count). The Balaban J connectivity index is 0.000000461. The minimum atomic E-state index is 0.818. The zero-order valence-corrected chi connectivity index (χ0v) is 9.11. The number of hydrogen-bond acceptors (Lipinski definition) is 2. The van der Waals surface area contributed by atoms with Crippen molar-refractivity contribution in [2.24, 2.45) is 0 Å². The number of fused-ring (bicyclic) bond motifs is 1. The third-order valence-electron chi connectivity index (χ3n) is 1.92. The van der Waals surface area contributed by atoms with Gasteiger partial charge in [-0.3, -0.25) is 0 Å². The van der Waals surface area contributed by atoms with Crippen molar-refractivity contribution in [3.63, 3.8) is 0 Å². The quantitative estimate of drug-likeness (QED) is 0.694. The Bertz CT molecular complexity index is 407. The van der Waals surface area contributed by atoms with Crippen LogP contribution in [-0.4, -0.2) is 16.7 Å². The summed E-state index contributed by atoms with van der Waals surface area (Å²) in [7, 11) is 1.65. The summed E-state index contributed by atoms with van der Waals surface area (Å²) in [5.41, 5.74) is 2.12. The molecule has 0 atom stereocenters. The van der Waals surface area contributed by atoms with Gasteiger partial charge >= 0.3 is 0 Å². The van der Waals surface area contributed by atoms with Gasteiger partial charge in [0.2, 0.25) is 0 Å². The molecule has 2 aromatic heterocycles. The Labute approximate surface area is 84.3 Å². The highest BCUT2D eigenvalue weighted by Crippen LogP contribution is 2.18. The molecular formula is C11H16N2O. The predicted molar refractivity (Wildman–Crippen MR) is 57.8 cm³/mol. The molecule has 0 unspecified atom stereocenters. The Morgan fingerprint density at radius 3 is 2.64 bits per heavy atom. The first-order valence-electron chi connectivity index (χ1n) is 4.80. The van der Waals surface area contributed by atoms with E-state index in [0.717, 1.165) is 17.0 Å². The lowest BCUT2D eigenvalue weighted by Crippen LogP contribution is -1.91. The topological polar surface area (TPSA) is 26.5 Å². The van der Waals surface area contributed by atoms with Crippen molar-refractivity contribution in [1.82, 2.24) is 9.61 Å². The van der Waals surface area contributed by atoms with Crippen LogP contribution >= 0.6 is 0 Å². The highest BCUT2D eigenvalue weighted by atomic mass is 16.5. The smallest absolute Gasteiger partial charge is 0.164 e. The molecule has 0 fully saturated rings. The van der Waals surface area contributed by atoms with Gasteiger partial charge in [-0.2, -0.15) is 5.10 Å². The summed E-state index contributed by atoms with van der Waals surface area (Å²) >= 11 is 0. The van der Waals surface area contributed by atoms with E-state index in [2.05, 4.69) is 5.10 Å². The van der Waals surface area contributed by atoms with Crippen LogP contribution in [0, 0.1) is 6.92 Å². The molecule has 76 valence electrons. The molecule has 0 spiro atoms. The molecule has 2 heterocycles. The van der Waals surface area contributed by atoms with E-state index < -0.39 is 0 Å². The lowest BCUT2D eigenvalue weighted by molar-refractivity contribution is 0.419. The largest absolute Gasteiger partial charge is 0.493 e. The second-order valence-electron chi connectivity index (χ2n) is 2.68. The number of aryl methyl sites for hydroxylation is 1. The third-order valence-corrected chi connectivity index (χ3v) is 1.92. The van der Waals surface area contributed by atoms with Gasteiger partial charge in [0.15, 0.2) is 5.75 Å². The number of aromatic nitrogens is 2. The van der Waals surface area contributed by atoms with Crippen molar-refractivity contribution < 1.29 is 4.74 Å². The molecular weight excluding hydrogens is 176 g/mol. The van der Waals surface area contributed by atoms with Crippen molar-refractivity contribution in [2.75, 3.05) is 7.11 Å². The van der Waals surface area contributed by atoms with E-state index in [1.54, 1.807) is 13.3 Å². The minimum absolute atomic E-state index is 0.818. The minimum Gasteiger partial charge on any atom is -0.493 e. The zero-order chi connectivity index (χ0) is 10.6. The molecule has 0 aliphatic carbocycles. The maximum atomic E-state index is 5.14. The molecule has 2 aromatic rings. The summed E-state index contributed by atoms with van der Waals surface area (Å²) in [6.07, 6.45) is 1.72. The maximum Gasteiger partial charge on any atom is 0.164 e. The summed E-state index contributed by atoms with van der Waals surface area (Å²) in [6.45, 7) is 6.01. The predicted octanol–water partition coefficient (Wildman–Crippen LogP) is 2.68. The van der Waals surface area contributed by atoms with Crippen LogP contribution in [0.5, 0.6) is 5.75 Å². The molecule has 3 heteroatoms. The number of methoxy groups -OCH3 is 1. The van der Waals surface area contributed by atoms with Crippen LogP contribution in [0.3, 0.4) is 0 Å². The second kappa shape index (κ2) is 4.65. The van der Waals surface area contributed by atoms with Gasteiger partial charge < -0.3 is 4.74 Å². The zero-order valence-electron chi connectivity index (χ0n) is 9.11. The molecule has 0 aliphatic rings. The van der Waals surface area contributed by atoms with Gasteiger partial charge in [0.05, 0.1) is 13.3 Å². The van der Waals surface area contributed by atoms with Gasteiger partial charge in [-0.1, -0.05) is 19.9 Å². The molecule has 0 aromatic carbocycles. The lowest BCUT2D eigenvalue weighted by Gasteiger charge is -1.98. The summed E-state index contributed by atoms with van der Waals surface area (Å²) in [5, 5.41) is 4.18. The fraction of sp³-hybridized carbons (Fsp3) is 0.364. The van der Waals surface area contributed by atoms with E-state index in [1.807, 2.05) is 43.5 Å². The monoisotopic (exact) mass is 192 g/mol. The van der Waals surface area contributed by atoms with E-state index in [-0.39, 0.29) is 0 Å². The number of ether oxygens (including phenoxy) is 1. The average Bonchev–Trinajstić information content (AvgIpc) is 2.65. The highest BCUT2D eigenvalue weighted by Gasteiger charge is 2.03. The molecule has 0 bridgehead atoms. The molecule has 0 saturated heterocycles. The van der Waals surface area contributed by atoms with Gasteiger partial charge in [-0.15, -0.1) is 0 Å². The maximum absolute atomic E-state index is 5.14. The number of pyridine rings is 1. The fourth-order valence-corrected chi connectivity index (χ4v) is 1.28. The first-order chi connectivity index (χ1) is 6.83. The van der Waals surface area contributed by atoms with E-state index >= 15 is 0 Å². The Hall–Kier alpha value is -1.51. The van der Waals surface area contributed by atoms with Crippen molar-refractivity contribution in [1.29, 1.82) is 0 Å². The SMILES string of the molecule is CC.COc1cnn2c(C)cccc12. The van der Waals surface area contributed by atoms with E-state index in [1.165, 1.54) is 0 Å². The van der Waals surface area contributed by atoms with Crippen LogP contribution in [0.15, 0.2) is 24.4 Å². The number of nitrogens with zero attached hydrogens (tertiary/aromatic N) is 2. The van der Waals surface area contributed by atoms with Crippen molar-refractivity contribution in [2.45, 2.75) is 20.8 Å². The van der Waals surface area contributed by atoms with Gasteiger partial charge in [-0.25, -0.2) is 4.52 Å². The summed E-state index contributed by atoms with van der Waals surface area (Å²) in [6, 6.07) is 5.99. The van der Waals surface area contributed by atoms with Crippen LogP contribution in [0.4, 0.5) is 0 Å². The number of rotatable bonds is 1. The third kappa shape index (κ3) is 1.71. The molecule has 0 N–H and O–H groups in total. The standard InChI is InChI=1S/C9H10N2O.C2H6/c1-7-4-3-5-8-9(12-2)6-10-11(7)8;1-2/h3-6H,1-2H3;1-2H3. The molecule has 14 heavy (non-hydrogen) atoms. The van der Waals surface area contributed by atoms with Gasteiger partial charge in [-0.05, 0) is 19.1 Å². The van der Waals surface area contributed by atoms with Crippen LogP contribution < -0.4 is 4.74 Å². The summed E-state index contributed by atoms with van der Waals surface area (Å²) < 4.78 is 7.00. The lowest BCUT2D eigenvalue weighted by atomic mass is 10.3. The molecule has 0 radical (unpaired) electrons.